The summed E-state index contributed by atoms with van der Waals surface area (Å²) in [5.74, 6) is 0.389. The third-order valence-electron chi connectivity index (χ3n) is 3.77. The van der Waals surface area contributed by atoms with Gasteiger partial charge in [0.25, 0.3) is 0 Å². The van der Waals surface area contributed by atoms with E-state index in [1.165, 1.54) is 0 Å². The van der Waals surface area contributed by atoms with Crippen molar-refractivity contribution in [1.82, 2.24) is 4.72 Å². The highest BCUT2D eigenvalue weighted by atomic mass is 32.2. The van der Waals surface area contributed by atoms with Gasteiger partial charge in [-0.3, -0.25) is 4.79 Å². The van der Waals surface area contributed by atoms with Gasteiger partial charge in [0.15, 0.2) is 0 Å². The van der Waals surface area contributed by atoms with Crippen molar-refractivity contribution in [2.75, 3.05) is 0 Å². The molecule has 0 saturated heterocycles. The molecule has 2 atom stereocenters. The number of aryl methyl sites for hydroxylation is 1. The quantitative estimate of drug-likeness (QED) is 0.703. The predicted molar refractivity (Wildman–Crippen MR) is 104 cm³/mol. The van der Waals surface area contributed by atoms with Gasteiger partial charge in [-0.1, -0.05) is 30.3 Å². The summed E-state index contributed by atoms with van der Waals surface area (Å²) in [4.78, 5) is 11.3. The van der Waals surface area contributed by atoms with Gasteiger partial charge in [0.05, 0.1) is 12.5 Å². The van der Waals surface area contributed by atoms with Crippen LogP contribution in [0.5, 0.6) is 11.5 Å². The maximum absolute atomic E-state index is 12.4. The van der Waals surface area contributed by atoms with Gasteiger partial charge in [0.1, 0.15) is 16.2 Å². The molecule has 140 valence electrons. The minimum Gasteiger partial charge on any atom is -0.598 e. The zero-order valence-corrected chi connectivity index (χ0v) is 16.3. The first-order valence-corrected chi connectivity index (χ1v) is 9.55. The molecule has 0 aromatic heterocycles. The second-order valence-corrected chi connectivity index (χ2v) is 9.09. The topological polar surface area (TPSA) is 81.6 Å². The van der Waals surface area contributed by atoms with Gasteiger partial charge in [-0.2, -0.15) is 0 Å². The van der Waals surface area contributed by atoms with Crippen LogP contribution >= 0.6 is 0 Å². The minimum atomic E-state index is -1.39. The highest BCUT2D eigenvalue weighted by Crippen LogP contribution is 2.29. The molecule has 0 aliphatic heterocycles. The van der Waals surface area contributed by atoms with Crippen molar-refractivity contribution >= 4 is 17.3 Å². The molecule has 1 unspecified atom stereocenters. The van der Waals surface area contributed by atoms with Crippen molar-refractivity contribution in [3.63, 3.8) is 0 Å². The van der Waals surface area contributed by atoms with Gasteiger partial charge in [-0.25, -0.2) is 0 Å². The lowest BCUT2D eigenvalue weighted by molar-refractivity contribution is -0.137. The van der Waals surface area contributed by atoms with Crippen molar-refractivity contribution in [2.24, 2.45) is 0 Å². The second kappa shape index (κ2) is 8.58. The number of benzene rings is 2. The predicted octanol–water partition coefficient (Wildman–Crippen LogP) is 4.35. The zero-order chi connectivity index (χ0) is 19.3. The molecule has 0 bridgehead atoms. The summed E-state index contributed by atoms with van der Waals surface area (Å²) < 4.78 is 20.8. The summed E-state index contributed by atoms with van der Waals surface area (Å²) in [6.07, 6.45) is -0.171. The molecule has 6 heteroatoms. The van der Waals surface area contributed by atoms with Crippen LogP contribution in [0.25, 0.3) is 0 Å². The maximum Gasteiger partial charge on any atom is 0.305 e. The summed E-state index contributed by atoms with van der Waals surface area (Å²) >= 11 is -1.39. The van der Waals surface area contributed by atoms with E-state index in [2.05, 4.69) is 4.72 Å². The number of hydrogen-bond donors (Lipinski definition) is 2. The van der Waals surface area contributed by atoms with Gasteiger partial charge in [0.2, 0.25) is 0 Å². The van der Waals surface area contributed by atoms with Crippen molar-refractivity contribution in [2.45, 2.75) is 44.9 Å². The molecule has 26 heavy (non-hydrogen) atoms. The number of carbonyl (C=O) groups is 1. The Bertz CT molecular complexity index is 757. The van der Waals surface area contributed by atoms with Gasteiger partial charge in [0, 0.05) is 11.4 Å². The van der Waals surface area contributed by atoms with Gasteiger partial charge in [-0.05, 0) is 57.0 Å². The van der Waals surface area contributed by atoms with Crippen LogP contribution in [0.15, 0.2) is 48.5 Å². The number of carboxylic acid groups (broad SMARTS) is 1. The van der Waals surface area contributed by atoms with Crippen LogP contribution < -0.4 is 9.46 Å². The van der Waals surface area contributed by atoms with Crippen molar-refractivity contribution in [3.8, 4) is 11.5 Å². The largest absolute Gasteiger partial charge is 0.598 e. The molecule has 5 nitrogen and oxygen atoms in total. The molecule has 0 amide bonds. The van der Waals surface area contributed by atoms with Crippen LogP contribution in [0, 0.1) is 6.92 Å². The van der Waals surface area contributed by atoms with Gasteiger partial charge < -0.3 is 14.4 Å². The highest BCUT2D eigenvalue weighted by molar-refractivity contribution is 7.90. The number of aliphatic carboxylic acids is 1. The zero-order valence-electron chi connectivity index (χ0n) is 15.5. The maximum atomic E-state index is 12.4. The average Bonchev–Trinajstić information content (AvgIpc) is 2.55. The molecule has 0 aliphatic rings. The molecule has 0 saturated carbocycles. The molecule has 0 spiro atoms. The number of nitrogens with one attached hydrogen (secondary N) is 1. The van der Waals surface area contributed by atoms with E-state index < -0.39 is 28.1 Å². The number of carboxylic acids is 1. The van der Waals surface area contributed by atoms with E-state index in [0.717, 1.165) is 16.9 Å². The first-order chi connectivity index (χ1) is 12.2. The Hall–Kier alpha value is -2.02. The Balaban J connectivity index is 2.25. The Morgan fingerprint density at radius 3 is 2.54 bits per heavy atom. The molecule has 0 aliphatic carbocycles. The first-order valence-electron chi connectivity index (χ1n) is 8.40. The minimum absolute atomic E-state index is 0.171. The van der Waals surface area contributed by atoms with Gasteiger partial charge >= 0.3 is 5.97 Å². The van der Waals surface area contributed by atoms with Crippen LogP contribution in [0.2, 0.25) is 0 Å². The Labute approximate surface area is 157 Å². The lowest BCUT2D eigenvalue weighted by Gasteiger charge is -2.27. The van der Waals surface area contributed by atoms with E-state index in [4.69, 9.17) is 4.74 Å². The molecule has 0 heterocycles. The molecule has 2 rings (SSSR count). The van der Waals surface area contributed by atoms with E-state index >= 15 is 0 Å². The second-order valence-electron chi connectivity index (χ2n) is 7.09. The number of hydrogen-bond acceptors (Lipinski definition) is 4. The van der Waals surface area contributed by atoms with Crippen LogP contribution in [0.1, 0.15) is 44.4 Å². The van der Waals surface area contributed by atoms with E-state index in [-0.39, 0.29) is 6.42 Å². The van der Waals surface area contributed by atoms with Crippen molar-refractivity contribution < 1.29 is 19.2 Å². The molecule has 0 radical (unpaired) electrons. The van der Waals surface area contributed by atoms with E-state index in [9.17, 15) is 14.5 Å². The lowest BCUT2D eigenvalue weighted by Crippen LogP contribution is -2.41. The summed E-state index contributed by atoms with van der Waals surface area (Å²) in [7, 11) is 0. The van der Waals surface area contributed by atoms with E-state index in [0.29, 0.717) is 5.75 Å². The normalized spacial score (nSPS) is 13.9. The van der Waals surface area contributed by atoms with Crippen LogP contribution in [-0.2, 0) is 16.2 Å². The van der Waals surface area contributed by atoms with Crippen molar-refractivity contribution in [3.05, 3.63) is 59.7 Å². The smallest absolute Gasteiger partial charge is 0.305 e. The molecule has 2 aromatic carbocycles. The highest BCUT2D eigenvalue weighted by Gasteiger charge is 2.31. The lowest BCUT2D eigenvalue weighted by atomic mass is 10.0. The standard InChI is InChI=1S/C20H25NO4S/c1-14-8-5-6-11-18(14)25-16-10-7-9-15(12-16)17(13-19(22)23)21-26(24)20(2,3)4/h5-12,17,21H,13H2,1-4H3,(H,22,23)/t17?,26-/m1/s1. The van der Waals surface area contributed by atoms with Gasteiger partial charge in [-0.15, -0.1) is 4.72 Å². The van der Waals surface area contributed by atoms with Crippen LogP contribution in [-0.4, -0.2) is 20.4 Å². The van der Waals surface area contributed by atoms with Crippen LogP contribution in [0.4, 0.5) is 0 Å². The monoisotopic (exact) mass is 375 g/mol. The Kier molecular flexibility index (Phi) is 6.69. The molecule has 0 fully saturated rings. The number of ether oxygens (including phenoxy) is 1. The third-order valence-corrected chi connectivity index (χ3v) is 5.38. The Morgan fingerprint density at radius 1 is 1.23 bits per heavy atom. The fourth-order valence-electron chi connectivity index (χ4n) is 2.30. The Morgan fingerprint density at radius 2 is 1.92 bits per heavy atom. The summed E-state index contributed by atoms with van der Waals surface area (Å²) in [6, 6.07) is 14.3. The number of rotatable bonds is 7. The third kappa shape index (κ3) is 5.76. The van der Waals surface area contributed by atoms with Crippen molar-refractivity contribution in [1.29, 1.82) is 0 Å². The fraction of sp³-hybridized carbons (Fsp3) is 0.350. The average molecular weight is 375 g/mol. The summed E-state index contributed by atoms with van der Waals surface area (Å²) in [6.45, 7) is 7.48. The van der Waals surface area contributed by atoms with Crippen LogP contribution in [0.3, 0.4) is 0 Å². The fourth-order valence-corrected chi connectivity index (χ4v) is 3.13. The molecular formula is C20H25NO4S. The van der Waals surface area contributed by atoms with E-state index in [1.54, 1.807) is 12.1 Å². The first kappa shape index (κ1) is 20.3. The summed E-state index contributed by atoms with van der Waals surface area (Å²) in [5.41, 5.74) is 1.73. The molecule has 2 aromatic rings. The SMILES string of the molecule is Cc1ccccc1Oc1cccc(C(CC(=O)O)N[S@+]([O-])C(C)(C)C)c1. The summed E-state index contributed by atoms with van der Waals surface area (Å²) in [5, 5.41) is 9.23. The van der Waals surface area contributed by atoms with E-state index in [1.807, 2.05) is 64.1 Å². The number of para-hydroxylation sites is 1. The molecule has 2 N–H and O–H groups in total. The molecular weight excluding hydrogens is 350 g/mol.